The molecule has 2 rings (SSSR count). The van der Waals surface area contributed by atoms with Gasteiger partial charge in [0.2, 0.25) is 5.91 Å². The van der Waals surface area contributed by atoms with Crippen LogP contribution < -0.4 is 5.32 Å². The van der Waals surface area contributed by atoms with Crippen molar-refractivity contribution in [3.8, 4) is 0 Å². The third kappa shape index (κ3) is 5.58. The maximum atomic E-state index is 12.3. The highest BCUT2D eigenvalue weighted by molar-refractivity contribution is 5.77. The molecule has 1 unspecified atom stereocenters. The van der Waals surface area contributed by atoms with E-state index in [1.807, 2.05) is 36.1 Å². The van der Waals surface area contributed by atoms with Gasteiger partial charge in [0.25, 0.3) is 0 Å². The Kier molecular flexibility index (Phi) is 6.44. The number of para-hydroxylation sites is 1. The summed E-state index contributed by atoms with van der Waals surface area (Å²) in [5, 5.41) is 12.1. The van der Waals surface area contributed by atoms with E-state index in [1.165, 1.54) is 5.56 Å². The van der Waals surface area contributed by atoms with Crippen molar-refractivity contribution in [3.05, 3.63) is 29.8 Å². The smallest absolute Gasteiger partial charge is 0.303 e. The predicted octanol–water partition coefficient (Wildman–Crippen LogP) is 2.90. The summed E-state index contributed by atoms with van der Waals surface area (Å²) < 4.78 is 0. The van der Waals surface area contributed by atoms with E-state index in [1.54, 1.807) is 0 Å². The van der Waals surface area contributed by atoms with Gasteiger partial charge in [-0.25, -0.2) is 0 Å². The van der Waals surface area contributed by atoms with E-state index < -0.39 is 5.97 Å². The lowest BCUT2D eigenvalue weighted by Crippen LogP contribution is -2.40. The van der Waals surface area contributed by atoms with E-state index in [0.29, 0.717) is 31.8 Å². The summed E-state index contributed by atoms with van der Waals surface area (Å²) in [6.45, 7) is 4.17. The number of aliphatic carboxylic acids is 1. The highest BCUT2D eigenvalue weighted by atomic mass is 16.4. The highest BCUT2D eigenvalue weighted by Gasteiger charge is 2.23. The summed E-state index contributed by atoms with van der Waals surface area (Å²) in [7, 11) is 0. The largest absolute Gasteiger partial charge is 0.481 e. The van der Waals surface area contributed by atoms with Crippen molar-refractivity contribution in [1.29, 1.82) is 0 Å². The minimum Gasteiger partial charge on any atom is -0.481 e. The molecular weight excluding hydrogens is 292 g/mol. The monoisotopic (exact) mass is 318 g/mol. The molecule has 0 bridgehead atoms. The standard InChI is InChI=1S/C18H26N2O3/c1-14-5-2-3-7-16(14)19-11-10-17(21)20-12-4-6-15(13-20)8-9-18(22)23/h2-3,5,7,15,19H,4,6,8-13H2,1H3,(H,22,23). The summed E-state index contributed by atoms with van der Waals surface area (Å²) in [6, 6.07) is 8.04. The predicted molar refractivity (Wildman–Crippen MR) is 90.5 cm³/mol. The Morgan fingerprint density at radius 1 is 1.30 bits per heavy atom. The van der Waals surface area contributed by atoms with Crippen molar-refractivity contribution < 1.29 is 14.7 Å². The van der Waals surface area contributed by atoms with Gasteiger partial charge in [-0.05, 0) is 43.7 Å². The maximum absolute atomic E-state index is 12.3. The third-order valence-electron chi connectivity index (χ3n) is 4.44. The first kappa shape index (κ1) is 17.3. The Morgan fingerprint density at radius 2 is 2.09 bits per heavy atom. The molecule has 0 aromatic heterocycles. The number of carbonyl (C=O) groups excluding carboxylic acids is 1. The fraction of sp³-hybridized carbons (Fsp3) is 0.556. The summed E-state index contributed by atoms with van der Waals surface area (Å²) in [4.78, 5) is 24.9. The quantitative estimate of drug-likeness (QED) is 0.811. The molecule has 5 heteroatoms. The summed E-state index contributed by atoms with van der Waals surface area (Å²) in [5.74, 6) is -0.268. The third-order valence-corrected chi connectivity index (χ3v) is 4.44. The molecule has 2 N–H and O–H groups in total. The van der Waals surface area contributed by atoms with Gasteiger partial charge in [-0.3, -0.25) is 9.59 Å². The zero-order valence-electron chi connectivity index (χ0n) is 13.8. The molecule has 1 aromatic rings. The number of aryl methyl sites for hydroxylation is 1. The van der Waals surface area contributed by atoms with Crippen molar-refractivity contribution in [2.45, 2.75) is 39.0 Å². The van der Waals surface area contributed by atoms with Crippen LogP contribution in [-0.2, 0) is 9.59 Å². The van der Waals surface area contributed by atoms with Crippen LogP contribution in [0.3, 0.4) is 0 Å². The van der Waals surface area contributed by atoms with Gasteiger partial charge < -0.3 is 15.3 Å². The second-order valence-corrected chi connectivity index (χ2v) is 6.27. The second-order valence-electron chi connectivity index (χ2n) is 6.27. The van der Waals surface area contributed by atoms with Gasteiger partial charge in [-0.1, -0.05) is 18.2 Å². The molecular formula is C18H26N2O3. The topological polar surface area (TPSA) is 69.6 Å². The van der Waals surface area contributed by atoms with Crippen LogP contribution in [0.2, 0.25) is 0 Å². The Hall–Kier alpha value is -2.04. The number of nitrogens with zero attached hydrogens (tertiary/aromatic N) is 1. The lowest BCUT2D eigenvalue weighted by atomic mass is 9.93. The molecule has 1 aliphatic heterocycles. The summed E-state index contributed by atoms with van der Waals surface area (Å²) in [6.07, 6.45) is 3.34. The van der Waals surface area contributed by atoms with Gasteiger partial charge >= 0.3 is 5.97 Å². The molecule has 5 nitrogen and oxygen atoms in total. The first-order valence-electron chi connectivity index (χ1n) is 8.35. The molecule has 23 heavy (non-hydrogen) atoms. The van der Waals surface area contributed by atoms with E-state index >= 15 is 0 Å². The fourth-order valence-corrected chi connectivity index (χ4v) is 3.09. The number of carboxylic acid groups (broad SMARTS) is 1. The van der Waals surface area contributed by atoms with Crippen molar-refractivity contribution >= 4 is 17.6 Å². The average molecular weight is 318 g/mol. The van der Waals surface area contributed by atoms with Crippen molar-refractivity contribution in [2.75, 3.05) is 25.0 Å². The van der Waals surface area contributed by atoms with E-state index in [4.69, 9.17) is 5.11 Å². The van der Waals surface area contributed by atoms with Crippen molar-refractivity contribution in [1.82, 2.24) is 4.90 Å². The Balaban J connectivity index is 1.74. The molecule has 1 amide bonds. The normalized spacial score (nSPS) is 17.8. The van der Waals surface area contributed by atoms with Crippen molar-refractivity contribution in [2.24, 2.45) is 5.92 Å². The zero-order chi connectivity index (χ0) is 16.7. The first-order valence-corrected chi connectivity index (χ1v) is 8.35. The number of likely N-dealkylation sites (tertiary alicyclic amines) is 1. The number of rotatable bonds is 7. The maximum Gasteiger partial charge on any atom is 0.303 e. The minimum absolute atomic E-state index is 0.158. The van der Waals surface area contributed by atoms with Crippen LogP contribution in [0.1, 0.15) is 37.7 Å². The van der Waals surface area contributed by atoms with Crippen LogP contribution >= 0.6 is 0 Å². The van der Waals surface area contributed by atoms with E-state index in [2.05, 4.69) is 5.32 Å². The lowest BCUT2D eigenvalue weighted by Gasteiger charge is -2.32. The average Bonchev–Trinajstić information content (AvgIpc) is 2.55. The molecule has 0 radical (unpaired) electrons. The molecule has 1 saturated heterocycles. The summed E-state index contributed by atoms with van der Waals surface area (Å²) >= 11 is 0. The number of hydrogen-bond donors (Lipinski definition) is 2. The first-order chi connectivity index (χ1) is 11.1. The van der Waals surface area contributed by atoms with Gasteiger partial charge in [-0.15, -0.1) is 0 Å². The van der Waals surface area contributed by atoms with Gasteiger partial charge in [0.1, 0.15) is 0 Å². The molecule has 1 aliphatic rings. The molecule has 126 valence electrons. The lowest BCUT2D eigenvalue weighted by molar-refractivity contribution is -0.137. The molecule has 0 aliphatic carbocycles. The van der Waals surface area contributed by atoms with Crippen molar-refractivity contribution in [3.63, 3.8) is 0 Å². The van der Waals surface area contributed by atoms with Gasteiger partial charge in [0, 0.05) is 38.2 Å². The van der Waals surface area contributed by atoms with Gasteiger partial charge in [0.15, 0.2) is 0 Å². The fourth-order valence-electron chi connectivity index (χ4n) is 3.09. The van der Waals surface area contributed by atoms with E-state index in [0.717, 1.165) is 25.1 Å². The number of piperidine rings is 1. The second kappa shape index (κ2) is 8.56. The molecule has 1 aromatic carbocycles. The molecule has 1 heterocycles. The van der Waals surface area contributed by atoms with Crippen LogP contribution in [0, 0.1) is 12.8 Å². The highest BCUT2D eigenvalue weighted by Crippen LogP contribution is 2.21. The van der Waals surface area contributed by atoms with E-state index in [9.17, 15) is 9.59 Å². The number of carboxylic acids is 1. The number of amides is 1. The van der Waals surface area contributed by atoms with Gasteiger partial charge in [0.05, 0.1) is 0 Å². The van der Waals surface area contributed by atoms with Gasteiger partial charge in [-0.2, -0.15) is 0 Å². The van der Waals surface area contributed by atoms with E-state index in [-0.39, 0.29) is 12.3 Å². The molecule has 0 spiro atoms. The Labute approximate surface area is 137 Å². The number of carbonyl (C=O) groups is 2. The van der Waals surface area contributed by atoms with Crippen LogP contribution in [0.4, 0.5) is 5.69 Å². The number of nitrogens with one attached hydrogen (secondary N) is 1. The van der Waals surface area contributed by atoms with Crippen LogP contribution in [0.15, 0.2) is 24.3 Å². The zero-order valence-corrected chi connectivity index (χ0v) is 13.8. The molecule has 1 fully saturated rings. The number of hydrogen-bond acceptors (Lipinski definition) is 3. The molecule has 0 saturated carbocycles. The van der Waals surface area contributed by atoms with Crippen LogP contribution in [0.5, 0.6) is 0 Å². The number of anilines is 1. The van der Waals surface area contributed by atoms with Crippen LogP contribution in [-0.4, -0.2) is 41.5 Å². The molecule has 1 atom stereocenters. The van der Waals surface area contributed by atoms with Crippen LogP contribution in [0.25, 0.3) is 0 Å². The SMILES string of the molecule is Cc1ccccc1NCCC(=O)N1CCCC(CCC(=O)O)C1. The Bertz CT molecular complexity index is 545. The Morgan fingerprint density at radius 3 is 2.83 bits per heavy atom. The number of benzene rings is 1. The summed E-state index contributed by atoms with van der Waals surface area (Å²) in [5.41, 5.74) is 2.24. The minimum atomic E-state index is -0.754.